The highest BCUT2D eigenvalue weighted by atomic mass is 16.5. The molecule has 0 spiro atoms. The van der Waals surface area contributed by atoms with Crippen LogP contribution >= 0.6 is 0 Å². The zero-order chi connectivity index (χ0) is 21.6. The Labute approximate surface area is 173 Å². The van der Waals surface area contributed by atoms with Crippen LogP contribution in [0.3, 0.4) is 0 Å². The molecule has 0 fully saturated rings. The monoisotopic (exact) mass is 403 g/mol. The topological polar surface area (TPSA) is 138 Å². The average Bonchev–Trinajstić information content (AvgIpc) is 3.33. The zero-order valence-electron chi connectivity index (χ0n) is 16.8. The lowest BCUT2D eigenvalue weighted by molar-refractivity contribution is 0.0989. The van der Waals surface area contributed by atoms with Gasteiger partial charge in [-0.2, -0.15) is 10.4 Å². The summed E-state index contributed by atoms with van der Waals surface area (Å²) in [6, 6.07) is 9.67. The summed E-state index contributed by atoms with van der Waals surface area (Å²) in [4.78, 5) is 15.6. The van der Waals surface area contributed by atoms with E-state index >= 15 is 0 Å². The molecule has 1 unspecified atom stereocenters. The van der Waals surface area contributed by atoms with Gasteiger partial charge >= 0.3 is 0 Å². The summed E-state index contributed by atoms with van der Waals surface area (Å²) in [6.07, 6.45) is 3.18. The van der Waals surface area contributed by atoms with Crippen molar-refractivity contribution in [1.82, 2.24) is 19.3 Å². The molecular formula is C21H21N7O2. The van der Waals surface area contributed by atoms with Gasteiger partial charge in [0.25, 0.3) is 5.91 Å². The van der Waals surface area contributed by atoms with Crippen LogP contribution in [0, 0.1) is 11.3 Å². The van der Waals surface area contributed by atoms with Crippen molar-refractivity contribution in [2.24, 2.45) is 18.5 Å². The van der Waals surface area contributed by atoms with E-state index in [2.05, 4.69) is 16.2 Å². The third-order valence-corrected chi connectivity index (χ3v) is 5.14. The first-order chi connectivity index (χ1) is 14.3. The Kier molecular flexibility index (Phi) is 4.54. The second kappa shape index (κ2) is 7.08. The molecule has 3 aromatic rings. The van der Waals surface area contributed by atoms with Gasteiger partial charge in [-0.1, -0.05) is 26.0 Å². The van der Waals surface area contributed by atoms with Crippen LogP contribution in [-0.4, -0.2) is 25.2 Å². The van der Waals surface area contributed by atoms with Gasteiger partial charge < -0.3 is 16.2 Å². The summed E-state index contributed by atoms with van der Waals surface area (Å²) in [5, 5.41) is 14.4. The number of nitrogens with two attached hydrogens (primary N) is 2. The third-order valence-electron chi connectivity index (χ3n) is 5.14. The van der Waals surface area contributed by atoms with E-state index in [4.69, 9.17) is 16.2 Å². The van der Waals surface area contributed by atoms with Crippen molar-refractivity contribution in [3.8, 4) is 17.6 Å². The smallest absolute Gasteiger partial charge is 0.285 e. The number of nitrogens with zero attached hydrogens (tertiary/aromatic N) is 5. The fraction of sp³-hybridized carbons (Fsp3) is 0.238. The molecule has 1 atom stereocenters. The Morgan fingerprint density at radius 2 is 2.00 bits per heavy atom. The largest absolute Gasteiger partial charge is 0.422 e. The summed E-state index contributed by atoms with van der Waals surface area (Å²) in [7, 11) is 1.79. The molecule has 1 aliphatic heterocycles. The van der Waals surface area contributed by atoms with E-state index < -0.39 is 11.8 Å². The van der Waals surface area contributed by atoms with Crippen molar-refractivity contribution in [1.29, 1.82) is 5.26 Å². The van der Waals surface area contributed by atoms with Crippen LogP contribution in [0.15, 0.2) is 48.1 Å². The minimum Gasteiger partial charge on any atom is -0.422 e. The summed E-state index contributed by atoms with van der Waals surface area (Å²) in [5.74, 6) is -0.131. The molecule has 4 N–H and O–H groups in total. The molecule has 4 rings (SSSR count). The maximum atomic E-state index is 11.6. The fourth-order valence-electron chi connectivity index (χ4n) is 3.78. The van der Waals surface area contributed by atoms with Gasteiger partial charge in [-0.3, -0.25) is 9.36 Å². The van der Waals surface area contributed by atoms with Gasteiger partial charge in [0.05, 0.1) is 17.2 Å². The predicted octanol–water partition coefficient (Wildman–Crippen LogP) is 2.05. The molecule has 0 saturated carbocycles. The Morgan fingerprint density at radius 3 is 2.60 bits per heavy atom. The van der Waals surface area contributed by atoms with E-state index in [1.165, 1.54) is 6.20 Å². The molecule has 0 aliphatic carbocycles. The molecule has 2 aromatic heterocycles. The molecule has 0 bridgehead atoms. The summed E-state index contributed by atoms with van der Waals surface area (Å²) < 4.78 is 9.01. The molecule has 3 heterocycles. The van der Waals surface area contributed by atoms with Crippen LogP contribution in [0.25, 0.3) is 5.69 Å². The highest BCUT2D eigenvalue weighted by Gasteiger charge is 2.36. The van der Waals surface area contributed by atoms with Crippen LogP contribution in [0.2, 0.25) is 0 Å². The number of amides is 1. The number of rotatable bonds is 4. The first-order valence-electron chi connectivity index (χ1n) is 9.41. The third kappa shape index (κ3) is 2.90. The van der Waals surface area contributed by atoms with Gasteiger partial charge in [-0.05, 0) is 23.6 Å². The number of hydrogen-bond acceptors (Lipinski definition) is 6. The lowest BCUT2D eigenvalue weighted by Gasteiger charge is -2.25. The van der Waals surface area contributed by atoms with Crippen LogP contribution in [0.4, 0.5) is 0 Å². The van der Waals surface area contributed by atoms with Crippen molar-refractivity contribution < 1.29 is 9.53 Å². The average molecular weight is 403 g/mol. The van der Waals surface area contributed by atoms with E-state index in [-0.39, 0.29) is 17.6 Å². The van der Waals surface area contributed by atoms with Crippen LogP contribution in [0.1, 0.15) is 53.1 Å². The number of carbonyl (C=O) groups excluding carboxylic acids is 1. The van der Waals surface area contributed by atoms with E-state index in [0.29, 0.717) is 11.5 Å². The number of imidazole rings is 1. The van der Waals surface area contributed by atoms with Crippen molar-refractivity contribution in [2.45, 2.75) is 25.7 Å². The molecule has 0 saturated heterocycles. The molecule has 0 radical (unpaired) electrons. The number of hydrogen-bond donors (Lipinski definition) is 2. The fourth-order valence-corrected chi connectivity index (χ4v) is 3.78. The van der Waals surface area contributed by atoms with Crippen molar-refractivity contribution in [3.05, 3.63) is 70.8 Å². The van der Waals surface area contributed by atoms with Crippen molar-refractivity contribution in [2.75, 3.05) is 0 Å². The number of nitriles is 1. The molecule has 152 valence electrons. The maximum absolute atomic E-state index is 11.6. The van der Waals surface area contributed by atoms with Crippen LogP contribution < -0.4 is 16.2 Å². The molecule has 9 heteroatoms. The second-order valence-corrected chi connectivity index (χ2v) is 7.38. The number of ether oxygens (including phenoxy) is 1. The molecule has 30 heavy (non-hydrogen) atoms. The van der Waals surface area contributed by atoms with Crippen molar-refractivity contribution in [3.63, 3.8) is 0 Å². The van der Waals surface area contributed by atoms with E-state index in [1.807, 2.05) is 38.1 Å². The minimum atomic E-state index is -0.613. The minimum absolute atomic E-state index is 0.0722. The lowest BCUT2D eigenvalue weighted by atomic mass is 9.82. The van der Waals surface area contributed by atoms with E-state index in [1.54, 1.807) is 22.5 Å². The molecule has 1 aliphatic rings. The first-order valence-corrected chi connectivity index (χ1v) is 9.41. The summed E-state index contributed by atoms with van der Waals surface area (Å²) in [6.45, 7) is 4.09. The Morgan fingerprint density at radius 1 is 1.30 bits per heavy atom. The zero-order valence-corrected chi connectivity index (χ0v) is 16.8. The molecule has 1 amide bonds. The molecule has 1 aromatic carbocycles. The van der Waals surface area contributed by atoms with Crippen LogP contribution in [-0.2, 0) is 7.05 Å². The Bertz CT molecular complexity index is 1210. The van der Waals surface area contributed by atoms with Gasteiger partial charge in [0, 0.05) is 25.1 Å². The lowest BCUT2D eigenvalue weighted by Crippen LogP contribution is -2.22. The number of allylic oxidation sites excluding steroid dienone is 1. The second-order valence-electron chi connectivity index (χ2n) is 7.38. The van der Waals surface area contributed by atoms with Crippen molar-refractivity contribution >= 4 is 5.91 Å². The predicted molar refractivity (Wildman–Crippen MR) is 109 cm³/mol. The van der Waals surface area contributed by atoms with Gasteiger partial charge in [-0.15, -0.1) is 0 Å². The summed E-state index contributed by atoms with van der Waals surface area (Å²) in [5.41, 5.74) is 15.1. The normalized spacial score (nSPS) is 15.6. The maximum Gasteiger partial charge on any atom is 0.285 e. The van der Waals surface area contributed by atoms with Crippen LogP contribution in [0.5, 0.6) is 5.88 Å². The molecule has 9 nitrogen and oxygen atoms in total. The van der Waals surface area contributed by atoms with Gasteiger partial charge in [-0.25, -0.2) is 9.67 Å². The number of aromatic nitrogens is 4. The standard InChI is InChI=1S/C21H21N7O2/c1-11(2)17-16-15(14(10-22)19(24)30-21(16)27(3)26-17)12-4-6-13(7-5-12)28-9-8-25-20(28)18(23)29/h4-9,11,15H,24H2,1-3H3,(H2,23,29). The van der Waals surface area contributed by atoms with E-state index in [9.17, 15) is 10.1 Å². The number of carbonyl (C=O) groups is 1. The highest BCUT2D eigenvalue weighted by Crippen LogP contribution is 2.45. The first kappa shape index (κ1) is 19.3. The SMILES string of the molecule is CC(C)c1nn(C)c2c1C(c1ccc(-n3ccnc3C(N)=O)cc1)C(C#N)=C(N)O2. The summed E-state index contributed by atoms with van der Waals surface area (Å²) >= 11 is 0. The number of aryl methyl sites for hydroxylation is 1. The quantitative estimate of drug-likeness (QED) is 0.684. The Balaban J connectivity index is 1.85. The van der Waals surface area contributed by atoms with Gasteiger partial charge in [0.15, 0.2) is 0 Å². The number of benzene rings is 1. The van der Waals surface area contributed by atoms with Gasteiger partial charge in [0.2, 0.25) is 17.6 Å². The molecular weight excluding hydrogens is 382 g/mol. The number of fused-ring (bicyclic) bond motifs is 1. The highest BCUT2D eigenvalue weighted by molar-refractivity contribution is 5.89. The van der Waals surface area contributed by atoms with Gasteiger partial charge in [0.1, 0.15) is 11.6 Å². The number of primary amides is 1. The van der Waals surface area contributed by atoms with E-state index in [0.717, 1.165) is 22.5 Å². The Hall–Kier alpha value is -4.06.